The van der Waals surface area contributed by atoms with E-state index in [4.69, 9.17) is 5.73 Å². The van der Waals surface area contributed by atoms with Gasteiger partial charge in [0.15, 0.2) is 0 Å². The number of anilines is 1. The van der Waals surface area contributed by atoms with Crippen molar-refractivity contribution >= 4 is 5.95 Å². The summed E-state index contributed by atoms with van der Waals surface area (Å²) >= 11 is 0. The molecule has 0 aromatic carbocycles. The lowest BCUT2D eigenvalue weighted by atomic mass is 10.4. The number of hydrogen-bond acceptors (Lipinski definition) is 4. The molecule has 0 fully saturated rings. The minimum Gasteiger partial charge on any atom is -0.368 e. The summed E-state index contributed by atoms with van der Waals surface area (Å²) in [6, 6.07) is 1.89. The number of imidazole rings is 1. The first-order valence-corrected chi connectivity index (χ1v) is 4.84. The fraction of sp³-hybridized carbons (Fsp3) is 0.300. The number of aromatic nitrogens is 4. The van der Waals surface area contributed by atoms with Crippen LogP contribution in [0, 0.1) is 6.92 Å². The highest BCUT2D eigenvalue weighted by atomic mass is 15.2. The molecular formula is C10H13N5. The SMILES string of the molecule is CCc1nccn1-c1cc(C)nc(N)n1. The summed E-state index contributed by atoms with van der Waals surface area (Å²) in [5.74, 6) is 2.03. The molecule has 0 unspecified atom stereocenters. The molecule has 0 spiro atoms. The molecule has 0 radical (unpaired) electrons. The van der Waals surface area contributed by atoms with Crippen LogP contribution in [-0.4, -0.2) is 19.5 Å². The van der Waals surface area contributed by atoms with Crippen molar-refractivity contribution in [3.8, 4) is 5.82 Å². The quantitative estimate of drug-likeness (QED) is 0.793. The molecule has 0 aliphatic rings. The van der Waals surface area contributed by atoms with Crippen LogP contribution >= 0.6 is 0 Å². The Morgan fingerprint density at radius 2 is 2.20 bits per heavy atom. The normalized spacial score (nSPS) is 10.5. The molecule has 0 atom stereocenters. The van der Waals surface area contributed by atoms with Crippen molar-refractivity contribution in [1.29, 1.82) is 0 Å². The lowest BCUT2D eigenvalue weighted by Crippen LogP contribution is -2.05. The number of aryl methyl sites for hydroxylation is 2. The molecule has 2 aromatic heterocycles. The van der Waals surface area contributed by atoms with Gasteiger partial charge in [-0.15, -0.1) is 0 Å². The van der Waals surface area contributed by atoms with Crippen molar-refractivity contribution in [2.24, 2.45) is 0 Å². The molecule has 78 valence electrons. The molecule has 0 aliphatic heterocycles. The Labute approximate surface area is 88.0 Å². The fourth-order valence-electron chi connectivity index (χ4n) is 1.50. The first kappa shape index (κ1) is 9.64. The Hall–Kier alpha value is -1.91. The Morgan fingerprint density at radius 1 is 1.40 bits per heavy atom. The van der Waals surface area contributed by atoms with Crippen LogP contribution in [0.4, 0.5) is 5.95 Å². The average Bonchev–Trinajstić information content (AvgIpc) is 2.63. The van der Waals surface area contributed by atoms with Crippen LogP contribution in [0.5, 0.6) is 0 Å². The van der Waals surface area contributed by atoms with Gasteiger partial charge in [-0.1, -0.05) is 6.92 Å². The summed E-state index contributed by atoms with van der Waals surface area (Å²) in [6.45, 7) is 3.94. The zero-order valence-corrected chi connectivity index (χ0v) is 8.81. The van der Waals surface area contributed by atoms with E-state index in [0.29, 0.717) is 5.95 Å². The smallest absolute Gasteiger partial charge is 0.222 e. The Morgan fingerprint density at radius 3 is 2.87 bits per heavy atom. The van der Waals surface area contributed by atoms with Crippen molar-refractivity contribution in [2.75, 3.05) is 5.73 Å². The van der Waals surface area contributed by atoms with E-state index in [-0.39, 0.29) is 0 Å². The largest absolute Gasteiger partial charge is 0.368 e. The lowest BCUT2D eigenvalue weighted by Gasteiger charge is -2.06. The summed E-state index contributed by atoms with van der Waals surface area (Å²) in [4.78, 5) is 12.4. The summed E-state index contributed by atoms with van der Waals surface area (Å²) in [5.41, 5.74) is 6.46. The topological polar surface area (TPSA) is 69.6 Å². The number of hydrogen-bond donors (Lipinski definition) is 1. The van der Waals surface area contributed by atoms with Crippen molar-refractivity contribution in [1.82, 2.24) is 19.5 Å². The van der Waals surface area contributed by atoms with Crippen molar-refractivity contribution in [3.63, 3.8) is 0 Å². The van der Waals surface area contributed by atoms with Crippen LogP contribution in [0.3, 0.4) is 0 Å². The third-order valence-corrected chi connectivity index (χ3v) is 2.14. The van der Waals surface area contributed by atoms with Crippen LogP contribution in [0.25, 0.3) is 5.82 Å². The minimum absolute atomic E-state index is 0.292. The molecule has 2 N–H and O–H groups in total. The van der Waals surface area contributed by atoms with Gasteiger partial charge in [0.25, 0.3) is 0 Å². The Kier molecular flexibility index (Phi) is 2.37. The third-order valence-electron chi connectivity index (χ3n) is 2.14. The van der Waals surface area contributed by atoms with Gasteiger partial charge in [-0.3, -0.25) is 4.57 Å². The molecule has 2 aromatic rings. The third kappa shape index (κ3) is 1.81. The molecule has 0 bridgehead atoms. The number of nitrogen functional groups attached to an aromatic ring is 1. The van der Waals surface area contributed by atoms with E-state index < -0.39 is 0 Å². The van der Waals surface area contributed by atoms with Gasteiger partial charge in [-0.2, -0.15) is 4.98 Å². The standard InChI is InChI=1S/C10H13N5/c1-3-8-12-4-5-15(8)9-6-7(2)13-10(11)14-9/h4-6H,3H2,1-2H3,(H2,11,13,14). The molecule has 2 rings (SSSR count). The zero-order chi connectivity index (χ0) is 10.8. The van der Waals surface area contributed by atoms with Crippen molar-refractivity contribution in [3.05, 3.63) is 30.0 Å². The molecule has 0 amide bonds. The maximum atomic E-state index is 5.60. The molecule has 0 aliphatic carbocycles. The average molecular weight is 203 g/mol. The highest BCUT2D eigenvalue weighted by Gasteiger charge is 2.05. The molecule has 0 saturated carbocycles. The van der Waals surface area contributed by atoms with Crippen LogP contribution in [-0.2, 0) is 6.42 Å². The van der Waals surface area contributed by atoms with Gasteiger partial charge in [0.1, 0.15) is 11.6 Å². The predicted molar refractivity (Wildman–Crippen MR) is 57.7 cm³/mol. The number of nitrogens with zero attached hydrogens (tertiary/aromatic N) is 4. The Bertz CT molecular complexity index is 454. The Balaban J connectivity index is 2.53. The van der Waals surface area contributed by atoms with E-state index in [0.717, 1.165) is 23.8 Å². The minimum atomic E-state index is 0.292. The molecule has 15 heavy (non-hydrogen) atoms. The zero-order valence-electron chi connectivity index (χ0n) is 8.81. The van der Waals surface area contributed by atoms with E-state index in [1.165, 1.54) is 0 Å². The van der Waals surface area contributed by atoms with Crippen LogP contribution < -0.4 is 5.73 Å². The first-order chi connectivity index (χ1) is 7.20. The first-order valence-electron chi connectivity index (χ1n) is 4.84. The second-order valence-corrected chi connectivity index (χ2v) is 3.29. The van der Waals surface area contributed by atoms with E-state index in [1.54, 1.807) is 6.20 Å². The van der Waals surface area contributed by atoms with Gasteiger partial charge < -0.3 is 5.73 Å². The number of nitrogens with two attached hydrogens (primary N) is 1. The summed E-state index contributed by atoms with van der Waals surface area (Å²) < 4.78 is 1.92. The van der Waals surface area contributed by atoms with E-state index in [2.05, 4.69) is 21.9 Å². The van der Waals surface area contributed by atoms with Crippen LogP contribution in [0.15, 0.2) is 18.5 Å². The van der Waals surface area contributed by atoms with E-state index in [1.807, 2.05) is 23.8 Å². The van der Waals surface area contributed by atoms with Crippen molar-refractivity contribution in [2.45, 2.75) is 20.3 Å². The van der Waals surface area contributed by atoms with Gasteiger partial charge in [0.05, 0.1) is 0 Å². The fourth-order valence-corrected chi connectivity index (χ4v) is 1.50. The molecule has 2 heterocycles. The lowest BCUT2D eigenvalue weighted by molar-refractivity contribution is 0.860. The van der Waals surface area contributed by atoms with Crippen LogP contribution in [0.1, 0.15) is 18.4 Å². The van der Waals surface area contributed by atoms with E-state index in [9.17, 15) is 0 Å². The van der Waals surface area contributed by atoms with Gasteiger partial charge in [0, 0.05) is 30.6 Å². The van der Waals surface area contributed by atoms with Crippen molar-refractivity contribution < 1.29 is 0 Å². The van der Waals surface area contributed by atoms with E-state index >= 15 is 0 Å². The molecular weight excluding hydrogens is 190 g/mol. The second kappa shape index (κ2) is 3.68. The summed E-state index contributed by atoms with van der Waals surface area (Å²) in [7, 11) is 0. The van der Waals surface area contributed by atoms with Gasteiger partial charge >= 0.3 is 0 Å². The molecule has 0 saturated heterocycles. The maximum Gasteiger partial charge on any atom is 0.222 e. The monoisotopic (exact) mass is 203 g/mol. The second-order valence-electron chi connectivity index (χ2n) is 3.29. The summed E-state index contributed by atoms with van der Waals surface area (Å²) in [6.07, 6.45) is 4.49. The summed E-state index contributed by atoms with van der Waals surface area (Å²) in [5, 5.41) is 0. The maximum absolute atomic E-state index is 5.60. The molecule has 5 nitrogen and oxygen atoms in total. The van der Waals surface area contributed by atoms with Gasteiger partial charge in [-0.05, 0) is 6.92 Å². The van der Waals surface area contributed by atoms with Crippen LogP contribution in [0.2, 0.25) is 0 Å². The highest BCUT2D eigenvalue weighted by Crippen LogP contribution is 2.10. The van der Waals surface area contributed by atoms with Gasteiger partial charge in [-0.25, -0.2) is 9.97 Å². The molecule has 5 heteroatoms. The van der Waals surface area contributed by atoms with Gasteiger partial charge in [0.2, 0.25) is 5.95 Å². The number of rotatable bonds is 2. The highest BCUT2D eigenvalue weighted by molar-refractivity contribution is 5.32. The predicted octanol–water partition coefficient (Wildman–Crippen LogP) is 1.12.